The van der Waals surface area contributed by atoms with Crippen LogP contribution >= 0.6 is 0 Å². The van der Waals surface area contributed by atoms with Gasteiger partial charge in [0, 0.05) is 17.7 Å². The monoisotopic (exact) mass is 566 g/mol. The summed E-state index contributed by atoms with van der Waals surface area (Å²) in [5.74, 6) is 0.647. The lowest BCUT2D eigenvalue weighted by molar-refractivity contribution is 0.103. The number of unbranched alkanes of at least 4 members (excludes halogenated alkanes) is 18. The van der Waals surface area contributed by atoms with Crippen molar-refractivity contribution >= 4 is 5.78 Å². The van der Waals surface area contributed by atoms with Crippen LogP contribution in [0.25, 0.3) is 0 Å². The minimum absolute atomic E-state index is 0.0856. The Kier molecular flexibility index (Phi) is 19.6. The number of carbonyl (C=O) groups excluding carboxylic acids is 1. The lowest BCUT2D eigenvalue weighted by atomic mass is 10.0. The van der Waals surface area contributed by atoms with Gasteiger partial charge in [-0.25, -0.2) is 0 Å². The first-order valence-corrected chi connectivity index (χ1v) is 16.9. The van der Waals surface area contributed by atoms with E-state index < -0.39 is 0 Å². The summed E-state index contributed by atoms with van der Waals surface area (Å²) in [6.07, 6.45) is 25.3. The topological polar surface area (TPSA) is 55.8 Å². The fourth-order valence-electron chi connectivity index (χ4n) is 5.29. The molecule has 0 aliphatic rings. The van der Waals surface area contributed by atoms with Gasteiger partial charge in [0.25, 0.3) is 0 Å². The smallest absolute Gasteiger partial charge is 0.200 e. The lowest BCUT2D eigenvalue weighted by Gasteiger charge is -2.15. The number of aromatic hydroxyl groups is 1. The first-order chi connectivity index (χ1) is 20.2. The third-order valence-electron chi connectivity index (χ3n) is 7.84. The molecule has 0 unspecified atom stereocenters. The van der Waals surface area contributed by atoms with Crippen molar-refractivity contribution in [3.05, 3.63) is 53.6 Å². The van der Waals surface area contributed by atoms with Crippen LogP contribution in [0.5, 0.6) is 17.2 Å². The SMILES string of the molecule is CCCCCCCCCCCCOc1cc(O)c(C(=O)c2ccccc2)c(OCCCCCCCCCCCC)c1. The van der Waals surface area contributed by atoms with Crippen LogP contribution in [0.2, 0.25) is 0 Å². The van der Waals surface area contributed by atoms with Gasteiger partial charge >= 0.3 is 0 Å². The summed E-state index contributed by atoms with van der Waals surface area (Å²) in [5.41, 5.74) is 0.750. The number of hydrogen-bond acceptors (Lipinski definition) is 4. The van der Waals surface area contributed by atoms with E-state index in [9.17, 15) is 9.90 Å². The van der Waals surface area contributed by atoms with Gasteiger partial charge < -0.3 is 14.6 Å². The number of ether oxygens (including phenoxy) is 2. The molecule has 0 spiro atoms. The van der Waals surface area contributed by atoms with E-state index in [-0.39, 0.29) is 17.1 Å². The fourth-order valence-corrected chi connectivity index (χ4v) is 5.29. The van der Waals surface area contributed by atoms with Crippen molar-refractivity contribution < 1.29 is 19.4 Å². The Hall–Kier alpha value is -2.49. The molecule has 230 valence electrons. The third kappa shape index (κ3) is 15.3. The van der Waals surface area contributed by atoms with Crippen molar-refractivity contribution in [2.75, 3.05) is 13.2 Å². The maximum atomic E-state index is 13.3. The zero-order valence-corrected chi connectivity index (χ0v) is 26.3. The number of benzene rings is 2. The summed E-state index contributed by atoms with van der Waals surface area (Å²) in [6.45, 7) is 5.63. The maximum absolute atomic E-state index is 13.3. The molecule has 0 radical (unpaired) electrons. The Bertz CT molecular complexity index is 924. The van der Waals surface area contributed by atoms with E-state index >= 15 is 0 Å². The fraction of sp³-hybridized carbons (Fsp3) is 0.649. The highest BCUT2D eigenvalue weighted by molar-refractivity contribution is 6.12. The summed E-state index contributed by atoms with van der Waals surface area (Å²) in [4.78, 5) is 13.3. The number of hydrogen-bond donors (Lipinski definition) is 1. The van der Waals surface area contributed by atoms with E-state index in [0.717, 1.165) is 25.7 Å². The van der Waals surface area contributed by atoms with Gasteiger partial charge in [-0.3, -0.25) is 4.79 Å². The van der Waals surface area contributed by atoms with E-state index in [4.69, 9.17) is 9.47 Å². The Balaban J connectivity index is 1.81. The second kappa shape index (κ2) is 23.1. The summed E-state index contributed by atoms with van der Waals surface area (Å²) in [7, 11) is 0. The Morgan fingerprint density at radius 2 is 1.02 bits per heavy atom. The molecule has 0 saturated carbocycles. The van der Waals surface area contributed by atoms with Crippen LogP contribution in [0, 0.1) is 0 Å². The summed E-state index contributed by atoms with van der Waals surface area (Å²) >= 11 is 0. The second-order valence-corrected chi connectivity index (χ2v) is 11.6. The molecule has 4 heteroatoms. The largest absolute Gasteiger partial charge is 0.507 e. The number of phenolic OH excluding ortho intramolecular Hbond substituents is 1. The van der Waals surface area contributed by atoms with Crippen LogP contribution in [0.4, 0.5) is 0 Å². The average Bonchev–Trinajstić information content (AvgIpc) is 2.98. The van der Waals surface area contributed by atoms with Crippen LogP contribution in [-0.4, -0.2) is 24.1 Å². The quantitative estimate of drug-likeness (QED) is 0.0909. The number of phenols is 1. The van der Waals surface area contributed by atoms with E-state index in [1.807, 2.05) is 18.2 Å². The third-order valence-corrected chi connectivity index (χ3v) is 7.84. The molecule has 4 nitrogen and oxygen atoms in total. The van der Waals surface area contributed by atoms with Crippen molar-refractivity contribution in [3.8, 4) is 17.2 Å². The first-order valence-electron chi connectivity index (χ1n) is 16.9. The molecule has 0 amide bonds. The van der Waals surface area contributed by atoms with Crippen LogP contribution in [-0.2, 0) is 0 Å². The van der Waals surface area contributed by atoms with Crippen LogP contribution in [0.15, 0.2) is 42.5 Å². The van der Waals surface area contributed by atoms with Gasteiger partial charge in [0.05, 0.1) is 13.2 Å². The van der Waals surface area contributed by atoms with Gasteiger partial charge in [0.15, 0.2) is 0 Å². The number of rotatable bonds is 26. The molecule has 0 fully saturated rings. The molecule has 2 aromatic rings. The van der Waals surface area contributed by atoms with E-state index in [1.54, 1.807) is 24.3 Å². The molecule has 0 aromatic heterocycles. The Labute approximate surface area is 251 Å². The predicted molar refractivity (Wildman–Crippen MR) is 173 cm³/mol. The zero-order chi connectivity index (χ0) is 29.4. The maximum Gasteiger partial charge on any atom is 0.200 e. The number of carbonyl (C=O) groups is 1. The molecule has 41 heavy (non-hydrogen) atoms. The van der Waals surface area contributed by atoms with Gasteiger partial charge in [-0.2, -0.15) is 0 Å². The van der Waals surface area contributed by atoms with Crippen LogP contribution < -0.4 is 9.47 Å². The molecule has 0 heterocycles. The van der Waals surface area contributed by atoms with Crippen LogP contribution in [0.3, 0.4) is 0 Å². The van der Waals surface area contributed by atoms with Gasteiger partial charge in [0.1, 0.15) is 22.8 Å². The molecule has 1 N–H and O–H groups in total. The van der Waals surface area contributed by atoms with E-state index in [0.29, 0.717) is 30.3 Å². The predicted octanol–water partition coefficient (Wildman–Crippen LogP) is 11.2. The Morgan fingerprint density at radius 3 is 1.51 bits per heavy atom. The molecule has 0 aliphatic carbocycles. The molecule has 0 aliphatic heterocycles. The van der Waals surface area contributed by atoms with Crippen molar-refractivity contribution in [1.29, 1.82) is 0 Å². The highest BCUT2D eigenvalue weighted by Gasteiger charge is 2.21. The average molecular weight is 567 g/mol. The van der Waals surface area contributed by atoms with Crippen molar-refractivity contribution in [3.63, 3.8) is 0 Å². The van der Waals surface area contributed by atoms with Gasteiger partial charge in [-0.15, -0.1) is 0 Å². The molecular weight excluding hydrogens is 508 g/mol. The molecule has 0 saturated heterocycles. The Morgan fingerprint density at radius 1 is 0.585 bits per heavy atom. The van der Waals surface area contributed by atoms with Gasteiger partial charge in [0.2, 0.25) is 5.78 Å². The molecule has 0 bridgehead atoms. The highest BCUT2D eigenvalue weighted by atomic mass is 16.5. The van der Waals surface area contributed by atoms with Crippen LogP contribution in [0.1, 0.15) is 158 Å². The van der Waals surface area contributed by atoms with E-state index in [1.165, 1.54) is 103 Å². The number of ketones is 1. The van der Waals surface area contributed by atoms with Gasteiger partial charge in [-0.05, 0) is 12.8 Å². The molecule has 2 aromatic carbocycles. The minimum atomic E-state index is -0.234. The minimum Gasteiger partial charge on any atom is -0.507 e. The van der Waals surface area contributed by atoms with Gasteiger partial charge in [-0.1, -0.05) is 160 Å². The summed E-state index contributed by atoms with van der Waals surface area (Å²) in [5, 5.41) is 10.9. The second-order valence-electron chi connectivity index (χ2n) is 11.6. The summed E-state index contributed by atoms with van der Waals surface area (Å²) < 4.78 is 12.1. The normalized spacial score (nSPS) is 11.1. The standard InChI is InChI=1S/C37H58O4/c1-3-5-7-9-11-13-15-17-19-24-28-40-33-30-34(38)36(37(39)32-26-22-21-23-27-32)35(31-33)41-29-25-20-18-16-14-12-10-8-6-4-2/h21-23,26-27,30-31,38H,3-20,24-25,28-29H2,1-2H3. The van der Waals surface area contributed by atoms with Crippen molar-refractivity contribution in [2.24, 2.45) is 0 Å². The first kappa shape index (κ1) is 34.7. The van der Waals surface area contributed by atoms with Crippen molar-refractivity contribution in [1.82, 2.24) is 0 Å². The molecule has 0 atom stereocenters. The lowest BCUT2D eigenvalue weighted by Crippen LogP contribution is -2.08. The van der Waals surface area contributed by atoms with Crippen molar-refractivity contribution in [2.45, 2.75) is 142 Å². The highest BCUT2D eigenvalue weighted by Crippen LogP contribution is 2.35. The molecular formula is C37H58O4. The zero-order valence-electron chi connectivity index (χ0n) is 26.3. The summed E-state index contributed by atoms with van der Waals surface area (Å²) in [6, 6.07) is 12.4. The molecule has 2 rings (SSSR count). The van der Waals surface area contributed by atoms with E-state index in [2.05, 4.69) is 13.8 Å².